The number of nitro benzene ring substituents is 1. The topological polar surface area (TPSA) is 93.9 Å². The zero-order chi connectivity index (χ0) is 23.3. The summed E-state index contributed by atoms with van der Waals surface area (Å²) in [5.74, 6) is -0.851. The average molecular weight is 449 g/mol. The van der Waals surface area contributed by atoms with E-state index in [0.29, 0.717) is 16.8 Å². The Bertz CT molecular complexity index is 931. The second kappa shape index (κ2) is 10.3. The van der Waals surface area contributed by atoms with Crippen molar-refractivity contribution in [2.24, 2.45) is 0 Å². The monoisotopic (exact) mass is 449 g/mol. The molecule has 0 aliphatic carbocycles. The molecule has 0 radical (unpaired) electrons. The minimum absolute atomic E-state index is 0.0175. The predicted octanol–water partition coefficient (Wildman–Crippen LogP) is 6.12. The fourth-order valence-electron chi connectivity index (χ4n) is 3.09. The normalized spacial score (nSPS) is 12.8. The standard InChI is InChI=1S/C22H32N3O5P/c1-15(2)29-31(28,30-16(3)4)22(18-9-12-20(13-10-18)24(6)7)23-19-11-8-17(5)21(14-19)25(26)27/h8-16,22-23H,1-7H3. The third-order valence-corrected chi connectivity index (χ3v) is 6.96. The van der Waals surface area contributed by atoms with Crippen molar-refractivity contribution in [2.75, 3.05) is 24.3 Å². The molecule has 0 heterocycles. The van der Waals surface area contributed by atoms with Crippen molar-refractivity contribution in [3.8, 4) is 0 Å². The predicted molar refractivity (Wildman–Crippen MR) is 125 cm³/mol. The molecule has 170 valence electrons. The van der Waals surface area contributed by atoms with E-state index in [9.17, 15) is 14.7 Å². The summed E-state index contributed by atoms with van der Waals surface area (Å²) < 4.78 is 25.7. The maximum Gasteiger partial charge on any atom is 0.357 e. The molecule has 0 spiro atoms. The van der Waals surface area contributed by atoms with Crippen LogP contribution in [0.3, 0.4) is 0 Å². The number of nitrogens with zero attached hydrogens (tertiary/aromatic N) is 2. The summed E-state index contributed by atoms with van der Waals surface area (Å²) in [5.41, 5.74) is 2.66. The molecule has 9 heteroatoms. The van der Waals surface area contributed by atoms with Gasteiger partial charge in [-0.2, -0.15) is 0 Å². The third-order valence-electron chi connectivity index (χ3n) is 4.47. The molecule has 1 N–H and O–H groups in total. The summed E-state index contributed by atoms with van der Waals surface area (Å²) in [6, 6.07) is 12.4. The minimum atomic E-state index is -3.71. The highest BCUT2D eigenvalue weighted by atomic mass is 31.2. The van der Waals surface area contributed by atoms with Crippen LogP contribution in [0, 0.1) is 17.0 Å². The molecule has 0 amide bonds. The Morgan fingerprint density at radius 2 is 1.55 bits per heavy atom. The summed E-state index contributed by atoms with van der Waals surface area (Å²) in [6.07, 6.45) is -0.690. The van der Waals surface area contributed by atoms with Gasteiger partial charge in [0.15, 0.2) is 5.78 Å². The van der Waals surface area contributed by atoms with E-state index in [-0.39, 0.29) is 17.9 Å². The second-order valence-electron chi connectivity index (χ2n) is 8.14. The fraction of sp³-hybridized carbons (Fsp3) is 0.455. The van der Waals surface area contributed by atoms with Gasteiger partial charge in [0, 0.05) is 37.1 Å². The number of nitro groups is 1. The molecule has 1 atom stereocenters. The molecule has 31 heavy (non-hydrogen) atoms. The quantitative estimate of drug-likeness (QED) is 0.265. The number of aryl methyl sites for hydroxylation is 1. The molecular weight excluding hydrogens is 417 g/mol. The van der Waals surface area contributed by atoms with Crippen molar-refractivity contribution in [3.63, 3.8) is 0 Å². The van der Waals surface area contributed by atoms with Crippen LogP contribution in [0.15, 0.2) is 42.5 Å². The number of hydrogen-bond donors (Lipinski definition) is 1. The summed E-state index contributed by atoms with van der Waals surface area (Å²) in [5, 5.41) is 14.6. The summed E-state index contributed by atoms with van der Waals surface area (Å²) >= 11 is 0. The van der Waals surface area contributed by atoms with Gasteiger partial charge in [-0.3, -0.25) is 14.7 Å². The molecule has 1 unspecified atom stereocenters. The number of anilines is 2. The van der Waals surface area contributed by atoms with Crippen molar-refractivity contribution in [1.82, 2.24) is 0 Å². The highest BCUT2D eigenvalue weighted by Crippen LogP contribution is 2.62. The van der Waals surface area contributed by atoms with Crippen LogP contribution in [-0.4, -0.2) is 31.2 Å². The van der Waals surface area contributed by atoms with E-state index in [1.165, 1.54) is 6.07 Å². The molecule has 0 saturated carbocycles. The molecule has 2 rings (SSSR count). The molecular formula is C22H32N3O5P. The van der Waals surface area contributed by atoms with E-state index >= 15 is 0 Å². The van der Waals surface area contributed by atoms with E-state index in [1.807, 2.05) is 43.3 Å². The highest BCUT2D eigenvalue weighted by molar-refractivity contribution is 7.54. The maximum atomic E-state index is 14.0. The van der Waals surface area contributed by atoms with Crippen LogP contribution in [0.25, 0.3) is 0 Å². The SMILES string of the molecule is Cc1ccc(NC(c2ccc(N(C)C)cc2)P(=O)(OC(C)C)OC(C)C)cc1[N+](=O)[O-]. The van der Waals surface area contributed by atoms with E-state index in [4.69, 9.17) is 9.05 Å². The Morgan fingerprint density at radius 1 is 1.00 bits per heavy atom. The van der Waals surface area contributed by atoms with Gasteiger partial charge < -0.3 is 19.3 Å². The lowest BCUT2D eigenvalue weighted by molar-refractivity contribution is -0.385. The van der Waals surface area contributed by atoms with Gasteiger partial charge in [0.05, 0.1) is 17.1 Å². The number of hydrogen-bond acceptors (Lipinski definition) is 7. The van der Waals surface area contributed by atoms with Crippen molar-refractivity contribution in [1.29, 1.82) is 0 Å². The largest absolute Gasteiger partial charge is 0.378 e. The average Bonchev–Trinajstić information content (AvgIpc) is 2.65. The highest BCUT2D eigenvalue weighted by Gasteiger charge is 2.39. The molecule has 0 aliphatic heterocycles. The smallest absolute Gasteiger partial charge is 0.357 e. The fourth-order valence-corrected chi connectivity index (χ4v) is 5.40. The molecule has 0 aliphatic rings. The summed E-state index contributed by atoms with van der Waals surface area (Å²) in [4.78, 5) is 12.9. The van der Waals surface area contributed by atoms with Crippen LogP contribution >= 0.6 is 7.60 Å². The van der Waals surface area contributed by atoms with Gasteiger partial charge in [0.2, 0.25) is 0 Å². The zero-order valence-corrected chi connectivity index (χ0v) is 20.1. The zero-order valence-electron chi connectivity index (χ0n) is 19.2. The van der Waals surface area contributed by atoms with Crippen molar-refractivity contribution >= 4 is 24.7 Å². The van der Waals surface area contributed by atoms with Gasteiger partial charge in [-0.05, 0) is 58.4 Å². The lowest BCUT2D eigenvalue weighted by atomic mass is 10.1. The van der Waals surface area contributed by atoms with Crippen LogP contribution in [-0.2, 0) is 13.6 Å². The summed E-state index contributed by atoms with van der Waals surface area (Å²) in [6.45, 7) is 8.84. The van der Waals surface area contributed by atoms with E-state index < -0.39 is 18.3 Å². The first-order chi connectivity index (χ1) is 14.4. The first-order valence-electron chi connectivity index (χ1n) is 10.2. The second-order valence-corrected chi connectivity index (χ2v) is 10.2. The van der Waals surface area contributed by atoms with E-state index in [2.05, 4.69) is 5.32 Å². The maximum absolute atomic E-state index is 14.0. The Morgan fingerprint density at radius 3 is 2.00 bits per heavy atom. The molecule has 8 nitrogen and oxygen atoms in total. The number of rotatable bonds is 10. The molecule has 2 aromatic carbocycles. The lowest BCUT2D eigenvalue weighted by Crippen LogP contribution is -2.19. The molecule has 0 aromatic heterocycles. The Hall–Kier alpha value is -2.41. The molecule has 0 bridgehead atoms. The number of benzene rings is 2. The van der Waals surface area contributed by atoms with Crippen LogP contribution in [0.1, 0.15) is 44.6 Å². The van der Waals surface area contributed by atoms with Gasteiger partial charge in [-0.25, -0.2) is 0 Å². The first-order valence-corrected chi connectivity index (χ1v) is 11.8. The van der Waals surface area contributed by atoms with E-state index in [1.54, 1.807) is 46.8 Å². The minimum Gasteiger partial charge on any atom is -0.378 e. The number of nitrogens with one attached hydrogen (secondary N) is 1. The molecule has 2 aromatic rings. The van der Waals surface area contributed by atoms with Gasteiger partial charge in [-0.15, -0.1) is 0 Å². The van der Waals surface area contributed by atoms with Crippen LogP contribution in [0.2, 0.25) is 0 Å². The van der Waals surface area contributed by atoms with Gasteiger partial charge in [0.25, 0.3) is 5.69 Å². The first kappa shape index (κ1) is 24.9. The molecule has 0 fully saturated rings. The summed E-state index contributed by atoms with van der Waals surface area (Å²) in [7, 11) is 0.157. The van der Waals surface area contributed by atoms with Crippen molar-refractivity contribution in [2.45, 2.75) is 52.6 Å². The Kier molecular flexibility index (Phi) is 8.23. The van der Waals surface area contributed by atoms with Gasteiger partial charge >= 0.3 is 7.60 Å². The third kappa shape index (κ3) is 6.53. The van der Waals surface area contributed by atoms with Crippen LogP contribution < -0.4 is 10.2 Å². The van der Waals surface area contributed by atoms with Crippen LogP contribution in [0.4, 0.5) is 17.1 Å². The Balaban J connectivity index is 2.57. The van der Waals surface area contributed by atoms with Crippen molar-refractivity contribution in [3.05, 3.63) is 63.7 Å². The van der Waals surface area contributed by atoms with Crippen LogP contribution in [0.5, 0.6) is 0 Å². The van der Waals surface area contributed by atoms with Gasteiger partial charge in [0.1, 0.15) is 0 Å². The van der Waals surface area contributed by atoms with E-state index in [0.717, 1.165) is 5.69 Å². The molecule has 0 saturated heterocycles. The van der Waals surface area contributed by atoms with Gasteiger partial charge in [-0.1, -0.05) is 18.2 Å². The van der Waals surface area contributed by atoms with Crippen molar-refractivity contribution < 1.29 is 18.5 Å². The lowest BCUT2D eigenvalue weighted by Gasteiger charge is -2.31. The Labute approximate surface area is 184 Å².